The molecule has 0 unspecified atom stereocenters. The summed E-state index contributed by atoms with van der Waals surface area (Å²) in [4.78, 5) is 0. The van der Waals surface area contributed by atoms with Crippen LogP contribution in [0.1, 0.15) is 5.56 Å². The predicted octanol–water partition coefficient (Wildman–Crippen LogP) is 1.44. The van der Waals surface area contributed by atoms with Crippen molar-refractivity contribution >= 4 is 18.1 Å². The van der Waals surface area contributed by atoms with Gasteiger partial charge in [0.05, 0.1) is 5.71 Å². The number of nitrogens with two attached hydrogens (primary N) is 1. The van der Waals surface area contributed by atoms with Gasteiger partial charge in [-0.2, -0.15) is 0 Å². The SMILES string of the molecule is Cl.NC/C(Cc1ccccc1)=N/O. The van der Waals surface area contributed by atoms with Crippen LogP contribution in [0, 0.1) is 0 Å². The van der Waals surface area contributed by atoms with Gasteiger partial charge in [-0.3, -0.25) is 0 Å². The molecule has 3 nitrogen and oxygen atoms in total. The third-order valence-corrected chi connectivity index (χ3v) is 1.63. The van der Waals surface area contributed by atoms with Crippen LogP contribution in [0.2, 0.25) is 0 Å². The molecule has 0 aliphatic heterocycles. The highest BCUT2D eigenvalue weighted by Crippen LogP contribution is 2.00. The number of halogens is 1. The van der Waals surface area contributed by atoms with E-state index in [2.05, 4.69) is 5.16 Å². The summed E-state index contributed by atoms with van der Waals surface area (Å²) in [5.74, 6) is 0. The van der Waals surface area contributed by atoms with Crippen molar-refractivity contribution in [1.82, 2.24) is 0 Å². The third kappa shape index (κ3) is 3.92. The van der Waals surface area contributed by atoms with Crippen LogP contribution in [0.4, 0.5) is 0 Å². The molecule has 0 fully saturated rings. The van der Waals surface area contributed by atoms with Crippen LogP contribution >= 0.6 is 12.4 Å². The molecule has 1 rings (SSSR count). The Hall–Kier alpha value is -1.06. The van der Waals surface area contributed by atoms with Crippen molar-refractivity contribution in [2.24, 2.45) is 10.9 Å². The quantitative estimate of drug-likeness (QED) is 0.441. The summed E-state index contributed by atoms with van der Waals surface area (Å²) in [5.41, 5.74) is 7.05. The average molecular weight is 201 g/mol. The highest BCUT2D eigenvalue weighted by Gasteiger charge is 1.98. The molecule has 0 saturated heterocycles. The number of oxime groups is 1. The highest BCUT2D eigenvalue weighted by atomic mass is 35.5. The maximum atomic E-state index is 8.50. The van der Waals surface area contributed by atoms with Crippen molar-refractivity contribution in [1.29, 1.82) is 0 Å². The third-order valence-electron chi connectivity index (χ3n) is 1.63. The monoisotopic (exact) mass is 200 g/mol. The minimum absolute atomic E-state index is 0. The normalized spacial score (nSPS) is 10.7. The minimum atomic E-state index is 0. The van der Waals surface area contributed by atoms with Crippen molar-refractivity contribution in [3.05, 3.63) is 35.9 Å². The smallest absolute Gasteiger partial charge is 0.0749 e. The van der Waals surface area contributed by atoms with Crippen molar-refractivity contribution in [2.75, 3.05) is 6.54 Å². The van der Waals surface area contributed by atoms with Crippen LogP contribution in [0.25, 0.3) is 0 Å². The van der Waals surface area contributed by atoms with E-state index in [0.29, 0.717) is 18.7 Å². The number of benzene rings is 1. The summed E-state index contributed by atoms with van der Waals surface area (Å²) in [6, 6.07) is 9.78. The Morgan fingerprint density at radius 1 is 1.31 bits per heavy atom. The molecule has 0 atom stereocenters. The molecule has 1 aromatic rings. The van der Waals surface area contributed by atoms with E-state index >= 15 is 0 Å². The molecule has 0 radical (unpaired) electrons. The second-order valence-electron chi connectivity index (χ2n) is 2.53. The predicted molar refractivity (Wildman–Crippen MR) is 55.7 cm³/mol. The van der Waals surface area contributed by atoms with E-state index in [1.165, 1.54) is 0 Å². The van der Waals surface area contributed by atoms with Gasteiger partial charge < -0.3 is 10.9 Å². The maximum Gasteiger partial charge on any atom is 0.0749 e. The van der Waals surface area contributed by atoms with Gasteiger partial charge in [0.1, 0.15) is 0 Å². The lowest BCUT2D eigenvalue weighted by Gasteiger charge is -2.00. The molecule has 0 aromatic heterocycles. The van der Waals surface area contributed by atoms with E-state index in [0.717, 1.165) is 5.56 Å². The van der Waals surface area contributed by atoms with E-state index in [4.69, 9.17) is 10.9 Å². The zero-order chi connectivity index (χ0) is 8.81. The molecular formula is C9H13ClN2O. The summed E-state index contributed by atoms with van der Waals surface area (Å²) < 4.78 is 0. The number of nitrogens with zero attached hydrogens (tertiary/aromatic N) is 1. The fourth-order valence-electron chi connectivity index (χ4n) is 0.980. The average Bonchev–Trinajstić information content (AvgIpc) is 2.16. The van der Waals surface area contributed by atoms with E-state index in [-0.39, 0.29) is 12.4 Å². The number of hydrogen-bond donors (Lipinski definition) is 2. The lowest BCUT2D eigenvalue weighted by molar-refractivity contribution is 0.317. The summed E-state index contributed by atoms with van der Waals surface area (Å²) >= 11 is 0. The summed E-state index contributed by atoms with van der Waals surface area (Å²) in [6.45, 7) is 0.297. The van der Waals surface area contributed by atoms with Crippen LogP contribution in [0.3, 0.4) is 0 Å². The second-order valence-corrected chi connectivity index (χ2v) is 2.53. The van der Waals surface area contributed by atoms with Crippen molar-refractivity contribution in [3.8, 4) is 0 Å². The van der Waals surface area contributed by atoms with Gasteiger partial charge in [-0.15, -0.1) is 12.4 Å². The zero-order valence-electron chi connectivity index (χ0n) is 7.18. The Balaban J connectivity index is 0.00000144. The van der Waals surface area contributed by atoms with Gasteiger partial charge in [0.25, 0.3) is 0 Å². The largest absolute Gasteiger partial charge is 0.411 e. The molecule has 0 aliphatic carbocycles. The van der Waals surface area contributed by atoms with Gasteiger partial charge in [-0.05, 0) is 5.56 Å². The highest BCUT2D eigenvalue weighted by molar-refractivity contribution is 5.87. The molecule has 0 amide bonds. The molecule has 0 heterocycles. The van der Waals surface area contributed by atoms with Gasteiger partial charge in [0, 0.05) is 13.0 Å². The Bertz CT molecular complexity index is 262. The molecular weight excluding hydrogens is 188 g/mol. The standard InChI is InChI=1S/C9H12N2O.ClH/c10-7-9(11-12)6-8-4-2-1-3-5-8;/h1-5,12H,6-7,10H2;1H/b11-9+;. The van der Waals surface area contributed by atoms with Gasteiger partial charge in [-0.25, -0.2) is 0 Å². The molecule has 0 bridgehead atoms. The Kier molecular flexibility index (Phi) is 5.93. The van der Waals surface area contributed by atoms with Gasteiger partial charge >= 0.3 is 0 Å². The van der Waals surface area contributed by atoms with Crippen molar-refractivity contribution in [3.63, 3.8) is 0 Å². The van der Waals surface area contributed by atoms with E-state index in [9.17, 15) is 0 Å². The molecule has 3 N–H and O–H groups in total. The summed E-state index contributed by atoms with van der Waals surface area (Å²) in [6.07, 6.45) is 0.619. The van der Waals surface area contributed by atoms with Crippen LogP contribution in [0.5, 0.6) is 0 Å². The summed E-state index contributed by atoms with van der Waals surface area (Å²) in [7, 11) is 0. The van der Waals surface area contributed by atoms with Crippen LogP contribution in [0.15, 0.2) is 35.5 Å². The topological polar surface area (TPSA) is 58.6 Å². The zero-order valence-corrected chi connectivity index (χ0v) is 8.00. The first-order valence-corrected chi connectivity index (χ1v) is 3.80. The second kappa shape index (κ2) is 6.46. The van der Waals surface area contributed by atoms with Gasteiger partial charge in [0.15, 0.2) is 0 Å². The molecule has 72 valence electrons. The first-order valence-electron chi connectivity index (χ1n) is 3.80. The van der Waals surface area contributed by atoms with E-state index in [1.54, 1.807) is 0 Å². The maximum absolute atomic E-state index is 8.50. The first-order chi connectivity index (χ1) is 5.86. The first kappa shape index (κ1) is 11.9. The molecule has 4 heteroatoms. The number of hydrogen-bond acceptors (Lipinski definition) is 3. The molecule has 0 saturated carbocycles. The molecule has 0 aliphatic rings. The fraction of sp³-hybridized carbons (Fsp3) is 0.222. The van der Waals surface area contributed by atoms with Gasteiger partial charge in [-0.1, -0.05) is 35.5 Å². The lowest BCUT2D eigenvalue weighted by atomic mass is 10.1. The molecule has 0 spiro atoms. The van der Waals surface area contributed by atoms with Crippen LogP contribution in [-0.4, -0.2) is 17.5 Å². The van der Waals surface area contributed by atoms with Crippen molar-refractivity contribution < 1.29 is 5.21 Å². The molecule has 1 aromatic carbocycles. The Morgan fingerprint density at radius 3 is 2.38 bits per heavy atom. The molecule has 13 heavy (non-hydrogen) atoms. The van der Waals surface area contributed by atoms with Crippen LogP contribution in [-0.2, 0) is 6.42 Å². The fourth-order valence-corrected chi connectivity index (χ4v) is 0.980. The van der Waals surface area contributed by atoms with E-state index in [1.807, 2.05) is 30.3 Å². The summed E-state index contributed by atoms with van der Waals surface area (Å²) in [5, 5.41) is 11.6. The lowest BCUT2D eigenvalue weighted by Crippen LogP contribution is -2.16. The minimum Gasteiger partial charge on any atom is -0.411 e. The van der Waals surface area contributed by atoms with E-state index < -0.39 is 0 Å². The van der Waals surface area contributed by atoms with Gasteiger partial charge in [0.2, 0.25) is 0 Å². The Morgan fingerprint density at radius 2 is 1.92 bits per heavy atom. The van der Waals surface area contributed by atoms with Crippen molar-refractivity contribution in [2.45, 2.75) is 6.42 Å². The number of rotatable bonds is 3. The Labute approximate surface area is 83.7 Å². The van der Waals surface area contributed by atoms with Crippen LogP contribution < -0.4 is 5.73 Å².